The molecule has 2 rings (SSSR count). The average Bonchev–Trinajstić information content (AvgIpc) is 2.43. The highest BCUT2D eigenvalue weighted by Crippen LogP contribution is 2.32. The van der Waals surface area contributed by atoms with E-state index in [0.29, 0.717) is 11.6 Å². The van der Waals surface area contributed by atoms with Crippen molar-refractivity contribution in [3.8, 4) is 0 Å². The first-order valence-electron chi connectivity index (χ1n) is 6.16. The van der Waals surface area contributed by atoms with Crippen LogP contribution in [0.3, 0.4) is 0 Å². The highest BCUT2D eigenvalue weighted by molar-refractivity contribution is 9.10. The molecule has 1 unspecified atom stereocenters. The summed E-state index contributed by atoms with van der Waals surface area (Å²) in [6.45, 7) is 0.395. The van der Waals surface area contributed by atoms with Crippen LogP contribution in [0.5, 0.6) is 0 Å². The van der Waals surface area contributed by atoms with Gasteiger partial charge in [-0.25, -0.2) is 4.39 Å². The summed E-state index contributed by atoms with van der Waals surface area (Å²) in [5.74, 6) is -0.268. The lowest BCUT2D eigenvalue weighted by molar-refractivity contribution is 0.623. The Morgan fingerprint density at radius 2 is 2.05 bits per heavy atom. The number of rotatable bonds is 4. The van der Waals surface area contributed by atoms with E-state index in [1.54, 1.807) is 6.07 Å². The van der Waals surface area contributed by atoms with E-state index in [0.717, 1.165) is 15.7 Å². The molecule has 0 spiro atoms. The number of hydrogen-bond acceptors (Lipinski definition) is 2. The summed E-state index contributed by atoms with van der Waals surface area (Å²) in [7, 11) is 1.89. The van der Waals surface area contributed by atoms with Gasteiger partial charge in [-0.3, -0.25) is 0 Å². The fourth-order valence-electron chi connectivity index (χ4n) is 2.14. The summed E-state index contributed by atoms with van der Waals surface area (Å²) in [5, 5.41) is 0.647. The van der Waals surface area contributed by atoms with E-state index < -0.39 is 0 Å². The zero-order chi connectivity index (χ0) is 14.7. The minimum Gasteiger partial charge on any atom is -0.366 e. The summed E-state index contributed by atoms with van der Waals surface area (Å²) in [6.07, 6.45) is 0. The molecule has 2 aromatic rings. The van der Waals surface area contributed by atoms with Crippen LogP contribution < -0.4 is 10.6 Å². The Hall–Kier alpha value is -1.10. The predicted octanol–water partition coefficient (Wildman–Crippen LogP) is 4.38. The van der Waals surface area contributed by atoms with Crippen LogP contribution >= 0.6 is 27.5 Å². The maximum absolute atomic E-state index is 13.4. The highest BCUT2D eigenvalue weighted by atomic mass is 79.9. The van der Waals surface area contributed by atoms with Crippen molar-refractivity contribution in [3.05, 3.63) is 63.3 Å². The second-order valence-corrected chi connectivity index (χ2v) is 5.80. The van der Waals surface area contributed by atoms with Crippen LogP contribution in [-0.2, 0) is 0 Å². The zero-order valence-corrected chi connectivity index (χ0v) is 13.3. The van der Waals surface area contributed by atoms with Crippen molar-refractivity contribution in [1.29, 1.82) is 0 Å². The molecule has 0 saturated heterocycles. The second kappa shape index (κ2) is 6.57. The Morgan fingerprint density at radius 3 is 2.70 bits per heavy atom. The van der Waals surface area contributed by atoms with Crippen molar-refractivity contribution in [2.24, 2.45) is 5.73 Å². The van der Waals surface area contributed by atoms with Crippen LogP contribution in [0.4, 0.5) is 10.1 Å². The predicted molar refractivity (Wildman–Crippen MR) is 85.8 cm³/mol. The van der Waals surface area contributed by atoms with Crippen molar-refractivity contribution in [3.63, 3.8) is 0 Å². The van der Waals surface area contributed by atoms with Gasteiger partial charge in [-0.15, -0.1) is 0 Å². The lowest BCUT2D eigenvalue weighted by atomic mass is 10.0. The van der Waals surface area contributed by atoms with Gasteiger partial charge in [0.25, 0.3) is 0 Å². The molecule has 2 aromatic carbocycles. The first-order valence-corrected chi connectivity index (χ1v) is 7.33. The van der Waals surface area contributed by atoms with E-state index in [9.17, 15) is 4.39 Å². The molecule has 2 nitrogen and oxygen atoms in total. The minimum absolute atomic E-state index is 0.0927. The number of halogens is 3. The molecular formula is C15H15BrClFN2. The summed E-state index contributed by atoms with van der Waals surface area (Å²) in [6, 6.07) is 11.9. The molecule has 5 heteroatoms. The van der Waals surface area contributed by atoms with Gasteiger partial charge in [-0.2, -0.15) is 0 Å². The number of anilines is 1. The summed E-state index contributed by atoms with van der Waals surface area (Å²) in [4.78, 5) is 1.94. The molecule has 106 valence electrons. The summed E-state index contributed by atoms with van der Waals surface area (Å²) >= 11 is 9.57. The monoisotopic (exact) mass is 356 g/mol. The summed E-state index contributed by atoms with van der Waals surface area (Å²) in [5.41, 5.74) is 7.65. The third-order valence-electron chi connectivity index (χ3n) is 3.22. The zero-order valence-electron chi connectivity index (χ0n) is 11.0. The Morgan fingerprint density at radius 1 is 1.30 bits per heavy atom. The van der Waals surface area contributed by atoms with Crippen molar-refractivity contribution < 1.29 is 4.39 Å². The Kier molecular flexibility index (Phi) is 5.02. The van der Waals surface area contributed by atoms with Crippen LogP contribution in [0.1, 0.15) is 11.6 Å². The topological polar surface area (TPSA) is 29.3 Å². The molecule has 0 fully saturated rings. The molecular weight excluding hydrogens is 343 g/mol. The van der Waals surface area contributed by atoms with E-state index in [-0.39, 0.29) is 11.9 Å². The van der Waals surface area contributed by atoms with E-state index in [2.05, 4.69) is 15.9 Å². The number of nitrogens with two attached hydrogens (primary N) is 1. The molecule has 1 atom stereocenters. The number of likely N-dealkylation sites (N-methyl/N-ethyl adjacent to an activating group) is 1. The van der Waals surface area contributed by atoms with Gasteiger partial charge in [0.15, 0.2) is 0 Å². The number of benzene rings is 2. The SMILES string of the molecule is CN(c1cccc(F)c1)C(CN)c1cc(Cl)ccc1Br. The summed E-state index contributed by atoms with van der Waals surface area (Å²) < 4.78 is 14.3. The molecule has 0 aromatic heterocycles. The van der Waals surface area contributed by atoms with Crippen LogP contribution in [0.2, 0.25) is 5.02 Å². The molecule has 20 heavy (non-hydrogen) atoms. The van der Waals surface area contributed by atoms with Gasteiger partial charge in [-0.1, -0.05) is 33.6 Å². The van der Waals surface area contributed by atoms with Crippen molar-refractivity contribution in [2.45, 2.75) is 6.04 Å². The van der Waals surface area contributed by atoms with Gasteiger partial charge in [0.2, 0.25) is 0 Å². The van der Waals surface area contributed by atoms with E-state index in [1.807, 2.05) is 36.2 Å². The first-order chi connectivity index (χ1) is 9.52. The maximum atomic E-state index is 13.4. The van der Waals surface area contributed by atoms with E-state index >= 15 is 0 Å². The fraction of sp³-hybridized carbons (Fsp3) is 0.200. The fourth-order valence-corrected chi connectivity index (χ4v) is 2.83. The molecule has 0 aliphatic rings. The molecule has 0 saturated carbocycles. The minimum atomic E-state index is -0.268. The molecule has 2 N–H and O–H groups in total. The highest BCUT2D eigenvalue weighted by Gasteiger charge is 2.19. The normalized spacial score (nSPS) is 12.2. The molecule has 0 aliphatic heterocycles. The van der Waals surface area contributed by atoms with Gasteiger partial charge in [0, 0.05) is 28.8 Å². The Bertz CT molecular complexity index is 606. The van der Waals surface area contributed by atoms with Crippen LogP contribution in [-0.4, -0.2) is 13.6 Å². The lowest BCUT2D eigenvalue weighted by Crippen LogP contribution is -2.30. The van der Waals surface area contributed by atoms with Crippen molar-refractivity contribution in [2.75, 3.05) is 18.5 Å². The van der Waals surface area contributed by atoms with E-state index in [4.69, 9.17) is 17.3 Å². The lowest BCUT2D eigenvalue weighted by Gasteiger charge is -2.30. The maximum Gasteiger partial charge on any atom is 0.125 e. The standard InChI is InChI=1S/C15H15BrClFN2/c1-20(12-4-2-3-11(18)8-12)15(9-19)13-7-10(17)5-6-14(13)16/h2-8,15H,9,19H2,1H3. The van der Waals surface area contributed by atoms with Gasteiger partial charge in [0.05, 0.1) is 6.04 Å². The Balaban J connectivity index is 2.39. The second-order valence-electron chi connectivity index (χ2n) is 4.51. The quantitative estimate of drug-likeness (QED) is 0.880. The third kappa shape index (κ3) is 3.32. The van der Waals surface area contributed by atoms with Crippen molar-refractivity contribution >= 4 is 33.2 Å². The van der Waals surface area contributed by atoms with E-state index in [1.165, 1.54) is 12.1 Å². The number of hydrogen-bond donors (Lipinski definition) is 1. The number of nitrogens with zero attached hydrogens (tertiary/aromatic N) is 1. The molecule has 0 bridgehead atoms. The third-order valence-corrected chi connectivity index (χ3v) is 4.18. The smallest absolute Gasteiger partial charge is 0.125 e. The molecule has 0 aliphatic carbocycles. The average molecular weight is 358 g/mol. The molecule has 0 amide bonds. The largest absolute Gasteiger partial charge is 0.366 e. The van der Waals surface area contributed by atoms with Crippen LogP contribution in [0, 0.1) is 5.82 Å². The Labute approximate surface area is 131 Å². The first kappa shape index (κ1) is 15.3. The van der Waals surface area contributed by atoms with Gasteiger partial charge in [0.1, 0.15) is 5.82 Å². The van der Waals surface area contributed by atoms with Crippen molar-refractivity contribution in [1.82, 2.24) is 0 Å². The van der Waals surface area contributed by atoms with Crippen LogP contribution in [0.15, 0.2) is 46.9 Å². The van der Waals surface area contributed by atoms with Crippen LogP contribution in [0.25, 0.3) is 0 Å². The molecule has 0 radical (unpaired) electrons. The van der Waals surface area contributed by atoms with Gasteiger partial charge in [-0.05, 0) is 42.0 Å². The van der Waals surface area contributed by atoms with Gasteiger partial charge < -0.3 is 10.6 Å². The van der Waals surface area contributed by atoms with Gasteiger partial charge >= 0.3 is 0 Å². The molecule has 0 heterocycles.